The fourth-order valence-electron chi connectivity index (χ4n) is 1.73. The summed E-state index contributed by atoms with van der Waals surface area (Å²) in [5.41, 5.74) is 0. The van der Waals surface area contributed by atoms with Crippen LogP contribution in [0.5, 0.6) is 0 Å². The van der Waals surface area contributed by atoms with E-state index in [1.165, 1.54) is 0 Å². The average Bonchev–Trinajstić information content (AvgIpc) is 2.34. The normalized spacial score (nSPS) is 15.7. The van der Waals surface area contributed by atoms with E-state index in [-0.39, 0.29) is 12.1 Å². The second-order valence-electron chi connectivity index (χ2n) is 4.92. The predicted molar refractivity (Wildman–Crippen MR) is 75.2 cm³/mol. The Morgan fingerprint density at radius 1 is 1.11 bits per heavy atom. The molecule has 0 heterocycles. The lowest BCUT2D eigenvalue weighted by Gasteiger charge is -2.25. The van der Waals surface area contributed by atoms with Crippen LogP contribution in [0, 0.1) is 5.92 Å². The summed E-state index contributed by atoms with van der Waals surface area (Å²) in [5.74, 6) is -1.52. The maximum Gasteiger partial charge on any atom is 0.315 e. The number of amides is 2. The molecular formula is C13H27N3O3. The molecule has 0 aliphatic rings. The van der Waals surface area contributed by atoms with Crippen LogP contribution in [0.3, 0.4) is 0 Å². The number of urea groups is 1. The van der Waals surface area contributed by atoms with E-state index in [1.54, 1.807) is 13.8 Å². The van der Waals surface area contributed by atoms with Crippen molar-refractivity contribution in [3.8, 4) is 0 Å². The number of carbonyl (C=O) groups is 2. The van der Waals surface area contributed by atoms with Gasteiger partial charge < -0.3 is 20.6 Å². The summed E-state index contributed by atoms with van der Waals surface area (Å²) in [5, 5.41) is 14.3. The number of carboxylic acids is 1. The van der Waals surface area contributed by atoms with E-state index in [2.05, 4.69) is 29.4 Å². The van der Waals surface area contributed by atoms with Crippen LogP contribution in [-0.2, 0) is 4.79 Å². The lowest BCUT2D eigenvalue weighted by molar-refractivity contribution is -0.141. The van der Waals surface area contributed by atoms with Crippen LogP contribution in [0.4, 0.5) is 4.79 Å². The molecule has 3 unspecified atom stereocenters. The molecule has 0 spiro atoms. The molecule has 19 heavy (non-hydrogen) atoms. The van der Waals surface area contributed by atoms with E-state index >= 15 is 0 Å². The average molecular weight is 273 g/mol. The van der Waals surface area contributed by atoms with Gasteiger partial charge >= 0.3 is 12.0 Å². The van der Waals surface area contributed by atoms with Gasteiger partial charge in [0, 0.05) is 18.6 Å². The van der Waals surface area contributed by atoms with E-state index in [1.807, 2.05) is 6.92 Å². The third-order valence-electron chi connectivity index (χ3n) is 3.30. The number of nitrogens with zero attached hydrogens (tertiary/aromatic N) is 1. The molecule has 0 aromatic rings. The van der Waals surface area contributed by atoms with Crippen molar-refractivity contribution in [1.29, 1.82) is 0 Å². The van der Waals surface area contributed by atoms with Crippen molar-refractivity contribution >= 4 is 12.0 Å². The molecule has 0 aliphatic heterocycles. The van der Waals surface area contributed by atoms with Crippen molar-refractivity contribution in [1.82, 2.24) is 15.5 Å². The van der Waals surface area contributed by atoms with Crippen molar-refractivity contribution in [3.05, 3.63) is 0 Å². The zero-order valence-corrected chi connectivity index (χ0v) is 12.6. The molecule has 0 aliphatic carbocycles. The molecule has 3 atom stereocenters. The highest BCUT2D eigenvalue weighted by Crippen LogP contribution is 2.02. The van der Waals surface area contributed by atoms with Gasteiger partial charge in [-0.05, 0) is 33.9 Å². The van der Waals surface area contributed by atoms with Gasteiger partial charge in [-0.25, -0.2) is 4.79 Å². The molecule has 0 saturated carbocycles. The lowest BCUT2D eigenvalue weighted by atomic mass is 10.0. The number of likely N-dealkylation sites (N-methyl/N-ethyl adjacent to an activating group) is 1. The molecule has 2 amide bonds. The second-order valence-corrected chi connectivity index (χ2v) is 4.92. The quantitative estimate of drug-likeness (QED) is 0.619. The largest absolute Gasteiger partial charge is 0.481 e. The highest BCUT2D eigenvalue weighted by Gasteiger charge is 2.21. The molecule has 6 heteroatoms. The van der Waals surface area contributed by atoms with E-state index < -0.39 is 17.9 Å². The minimum absolute atomic E-state index is 0.0206. The first kappa shape index (κ1) is 17.7. The first-order valence-corrected chi connectivity index (χ1v) is 6.83. The Morgan fingerprint density at radius 3 is 2.05 bits per heavy atom. The third kappa shape index (κ3) is 7.00. The fraction of sp³-hybridized carbons (Fsp3) is 0.846. The zero-order chi connectivity index (χ0) is 15.0. The molecule has 0 fully saturated rings. The zero-order valence-electron chi connectivity index (χ0n) is 12.6. The van der Waals surface area contributed by atoms with Crippen LogP contribution < -0.4 is 10.6 Å². The van der Waals surface area contributed by atoms with Gasteiger partial charge in [-0.2, -0.15) is 0 Å². The summed E-state index contributed by atoms with van der Waals surface area (Å²) in [6.45, 7) is 12.0. The number of carbonyl (C=O) groups excluding carboxylic acids is 1. The number of aliphatic carboxylic acids is 1. The summed E-state index contributed by atoms with van der Waals surface area (Å²) in [6, 6.07) is -0.703. The summed E-state index contributed by atoms with van der Waals surface area (Å²) in [6.07, 6.45) is 0. The summed E-state index contributed by atoms with van der Waals surface area (Å²) < 4.78 is 0. The summed E-state index contributed by atoms with van der Waals surface area (Å²) >= 11 is 0. The van der Waals surface area contributed by atoms with Gasteiger partial charge in [-0.1, -0.05) is 13.8 Å². The minimum atomic E-state index is -0.913. The molecule has 0 radical (unpaired) electrons. The van der Waals surface area contributed by atoms with Gasteiger partial charge in [0.15, 0.2) is 0 Å². The monoisotopic (exact) mass is 273 g/mol. The Labute approximate surface area is 115 Å². The highest BCUT2D eigenvalue weighted by atomic mass is 16.4. The molecule has 3 N–H and O–H groups in total. The maximum atomic E-state index is 11.7. The van der Waals surface area contributed by atoms with Crippen LogP contribution in [-0.4, -0.2) is 53.7 Å². The number of hydrogen-bond acceptors (Lipinski definition) is 3. The Hall–Kier alpha value is -1.30. The maximum absolute atomic E-state index is 11.7. The highest BCUT2D eigenvalue weighted by molar-refractivity contribution is 5.76. The SMILES string of the molecule is CCN(CC)CC(C)NC(=O)NC(C)C(C)C(=O)O. The summed E-state index contributed by atoms with van der Waals surface area (Å²) in [7, 11) is 0. The van der Waals surface area contributed by atoms with Gasteiger partial charge in [0.2, 0.25) is 0 Å². The van der Waals surface area contributed by atoms with Crippen molar-refractivity contribution < 1.29 is 14.7 Å². The molecule has 6 nitrogen and oxygen atoms in total. The van der Waals surface area contributed by atoms with E-state index in [0.717, 1.165) is 19.6 Å². The van der Waals surface area contributed by atoms with E-state index in [4.69, 9.17) is 5.11 Å². The third-order valence-corrected chi connectivity index (χ3v) is 3.30. The Balaban J connectivity index is 4.13. The number of hydrogen-bond donors (Lipinski definition) is 3. The van der Waals surface area contributed by atoms with Gasteiger partial charge in [0.1, 0.15) is 0 Å². The van der Waals surface area contributed by atoms with Gasteiger partial charge in [-0.15, -0.1) is 0 Å². The molecule has 0 aromatic carbocycles. The van der Waals surface area contributed by atoms with Gasteiger partial charge in [0.05, 0.1) is 5.92 Å². The van der Waals surface area contributed by atoms with Crippen LogP contribution in [0.15, 0.2) is 0 Å². The second kappa shape index (κ2) is 8.74. The minimum Gasteiger partial charge on any atom is -0.481 e. The molecule has 0 bridgehead atoms. The van der Waals surface area contributed by atoms with Crippen molar-refractivity contribution in [2.75, 3.05) is 19.6 Å². The van der Waals surface area contributed by atoms with Crippen molar-refractivity contribution in [3.63, 3.8) is 0 Å². The number of nitrogens with one attached hydrogen (secondary N) is 2. The van der Waals surface area contributed by atoms with Crippen LogP contribution >= 0.6 is 0 Å². The van der Waals surface area contributed by atoms with Gasteiger partial charge in [0.25, 0.3) is 0 Å². The molecule has 0 aromatic heterocycles. The van der Waals surface area contributed by atoms with Crippen molar-refractivity contribution in [2.45, 2.75) is 46.7 Å². The number of rotatable bonds is 8. The first-order valence-electron chi connectivity index (χ1n) is 6.83. The molecular weight excluding hydrogens is 246 g/mol. The predicted octanol–water partition coefficient (Wildman–Crippen LogP) is 1.13. The molecule has 0 rings (SSSR count). The smallest absolute Gasteiger partial charge is 0.315 e. The van der Waals surface area contributed by atoms with Crippen molar-refractivity contribution in [2.24, 2.45) is 5.92 Å². The fourth-order valence-corrected chi connectivity index (χ4v) is 1.73. The number of carboxylic acid groups (broad SMARTS) is 1. The Kier molecular flexibility index (Phi) is 8.14. The van der Waals surface area contributed by atoms with Crippen LogP contribution in [0.25, 0.3) is 0 Å². The van der Waals surface area contributed by atoms with Crippen LogP contribution in [0.2, 0.25) is 0 Å². The standard InChI is InChI=1S/C13H27N3O3/c1-6-16(7-2)8-9(3)14-13(19)15-11(5)10(4)12(17)18/h9-11H,6-8H2,1-5H3,(H,17,18)(H2,14,15,19). The van der Waals surface area contributed by atoms with E-state index in [0.29, 0.717) is 0 Å². The molecule has 112 valence electrons. The van der Waals surface area contributed by atoms with E-state index in [9.17, 15) is 9.59 Å². The van der Waals surface area contributed by atoms with Gasteiger partial charge in [-0.3, -0.25) is 4.79 Å². The first-order chi connectivity index (χ1) is 8.81. The Morgan fingerprint density at radius 2 is 1.63 bits per heavy atom. The molecule has 0 saturated heterocycles. The summed E-state index contributed by atoms with van der Waals surface area (Å²) in [4.78, 5) is 24.7. The van der Waals surface area contributed by atoms with Crippen LogP contribution in [0.1, 0.15) is 34.6 Å². The Bertz CT molecular complexity index is 293. The lowest BCUT2D eigenvalue weighted by Crippen LogP contribution is -2.50. The topological polar surface area (TPSA) is 81.7 Å².